The Morgan fingerprint density at radius 1 is 1.32 bits per heavy atom. The molecule has 0 saturated heterocycles. The Labute approximate surface area is 131 Å². The number of fused-ring (bicyclic) bond motifs is 1. The maximum atomic E-state index is 11.7. The van der Waals surface area contributed by atoms with E-state index >= 15 is 0 Å². The van der Waals surface area contributed by atoms with E-state index in [-0.39, 0.29) is 5.69 Å². The molecule has 0 unspecified atom stereocenters. The van der Waals surface area contributed by atoms with E-state index in [2.05, 4.69) is 10.3 Å². The number of esters is 1. The van der Waals surface area contributed by atoms with Gasteiger partial charge in [0, 0.05) is 16.8 Å². The van der Waals surface area contributed by atoms with E-state index in [9.17, 15) is 4.79 Å². The first-order valence-electron chi connectivity index (χ1n) is 6.59. The summed E-state index contributed by atoms with van der Waals surface area (Å²) in [6, 6.07) is 10.7. The molecular formula is C16H13ClN2O3. The van der Waals surface area contributed by atoms with Gasteiger partial charge in [-0.05, 0) is 31.2 Å². The van der Waals surface area contributed by atoms with E-state index in [0.29, 0.717) is 16.4 Å². The van der Waals surface area contributed by atoms with E-state index in [4.69, 9.17) is 20.8 Å². The van der Waals surface area contributed by atoms with E-state index in [1.54, 1.807) is 18.2 Å². The molecule has 5 nitrogen and oxygen atoms in total. The minimum absolute atomic E-state index is 0.175. The average molecular weight is 317 g/mol. The zero-order valence-electron chi connectivity index (χ0n) is 12.0. The van der Waals surface area contributed by atoms with Crippen LogP contribution in [0.1, 0.15) is 16.2 Å². The highest BCUT2D eigenvalue weighted by Gasteiger charge is 2.15. The van der Waals surface area contributed by atoms with Crippen molar-refractivity contribution < 1.29 is 13.9 Å². The fraction of sp³-hybridized carbons (Fsp3) is 0.125. The van der Waals surface area contributed by atoms with Crippen molar-refractivity contribution in [3.8, 4) is 0 Å². The van der Waals surface area contributed by atoms with Crippen LogP contribution in [0.15, 0.2) is 40.8 Å². The number of rotatable bonds is 3. The number of hydrogen-bond donors (Lipinski definition) is 1. The highest BCUT2D eigenvalue weighted by Crippen LogP contribution is 2.29. The summed E-state index contributed by atoms with van der Waals surface area (Å²) in [6.07, 6.45) is 0. The molecule has 22 heavy (non-hydrogen) atoms. The van der Waals surface area contributed by atoms with Gasteiger partial charge in [-0.1, -0.05) is 17.7 Å². The van der Waals surface area contributed by atoms with Gasteiger partial charge in [0.2, 0.25) is 0 Å². The van der Waals surface area contributed by atoms with E-state index in [1.807, 2.05) is 25.1 Å². The number of anilines is 2. The number of carbonyl (C=O) groups excluding carboxylic acids is 1. The van der Waals surface area contributed by atoms with Gasteiger partial charge < -0.3 is 14.5 Å². The number of nitrogens with zero attached hydrogens (tertiary/aromatic N) is 1. The maximum absolute atomic E-state index is 11.7. The molecule has 0 aliphatic heterocycles. The molecule has 112 valence electrons. The van der Waals surface area contributed by atoms with Crippen molar-refractivity contribution in [3.05, 3.63) is 52.9 Å². The Bertz CT molecular complexity index is 858. The topological polar surface area (TPSA) is 64.4 Å². The lowest BCUT2D eigenvalue weighted by Gasteiger charge is -2.08. The predicted molar refractivity (Wildman–Crippen MR) is 84.8 cm³/mol. The molecule has 0 aliphatic carbocycles. The molecule has 0 aliphatic rings. The van der Waals surface area contributed by atoms with E-state index in [0.717, 1.165) is 16.8 Å². The van der Waals surface area contributed by atoms with Gasteiger partial charge in [0.1, 0.15) is 17.2 Å². The lowest BCUT2D eigenvalue weighted by atomic mass is 10.2. The van der Waals surface area contributed by atoms with Crippen molar-refractivity contribution in [2.75, 3.05) is 12.4 Å². The van der Waals surface area contributed by atoms with Crippen LogP contribution in [0.5, 0.6) is 0 Å². The van der Waals surface area contributed by atoms with Gasteiger partial charge in [-0.3, -0.25) is 0 Å². The zero-order valence-corrected chi connectivity index (χ0v) is 12.8. The number of hydrogen-bond acceptors (Lipinski definition) is 5. The molecule has 0 spiro atoms. The maximum Gasteiger partial charge on any atom is 0.356 e. The van der Waals surface area contributed by atoms with E-state index < -0.39 is 5.97 Å². The Morgan fingerprint density at radius 2 is 2.14 bits per heavy atom. The molecule has 6 heteroatoms. The summed E-state index contributed by atoms with van der Waals surface area (Å²) in [5.41, 5.74) is 1.51. The molecule has 0 saturated carbocycles. The molecule has 0 fully saturated rings. The highest BCUT2D eigenvalue weighted by atomic mass is 35.5. The van der Waals surface area contributed by atoms with Crippen molar-refractivity contribution in [1.29, 1.82) is 0 Å². The number of halogens is 1. The molecule has 0 bridgehead atoms. The first-order chi connectivity index (χ1) is 10.6. The van der Waals surface area contributed by atoms with Gasteiger partial charge in [0.15, 0.2) is 5.69 Å². The van der Waals surface area contributed by atoms with Crippen molar-refractivity contribution in [1.82, 2.24) is 4.98 Å². The Kier molecular flexibility index (Phi) is 3.73. The van der Waals surface area contributed by atoms with Crippen LogP contribution >= 0.6 is 11.6 Å². The number of furan rings is 1. The number of aryl methyl sites for hydroxylation is 1. The Morgan fingerprint density at radius 3 is 2.86 bits per heavy atom. The molecule has 0 radical (unpaired) electrons. The number of aromatic nitrogens is 1. The quantitative estimate of drug-likeness (QED) is 0.729. The van der Waals surface area contributed by atoms with Crippen molar-refractivity contribution in [3.63, 3.8) is 0 Å². The number of nitrogens with one attached hydrogen (secondary N) is 1. The van der Waals surface area contributed by atoms with Crippen LogP contribution < -0.4 is 5.32 Å². The summed E-state index contributed by atoms with van der Waals surface area (Å²) in [7, 11) is 1.31. The van der Waals surface area contributed by atoms with Gasteiger partial charge in [-0.15, -0.1) is 0 Å². The van der Waals surface area contributed by atoms with Crippen LogP contribution in [0.25, 0.3) is 11.0 Å². The molecule has 2 heterocycles. The van der Waals surface area contributed by atoms with Crippen LogP contribution in [0.4, 0.5) is 11.5 Å². The minimum Gasteiger partial charge on any atom is -0.464 e. The van der Waals surface area contributed by atoms with Gasteiger partial charge >= 0.3 is 5.97 Å². The number of pyridine rings is 1. The van der Waals surface area contributed by atoms with Crippen LogP contribution in [-0.2, 0) is 4.74 Å². The van der Waals surface area contributed by atoms with Crippen molar-refractivity contribution in [2.24, 2.45) is 0 Å². The van der Waals surface area contributed by atoms with Gasteiger partial charge in [0.25, 0.3) is 0 Å². The zero-order chi connectivity index (χ0) is 15.7. The molecule has 2 aromatic heterocycles. The third-order valence-corrected chi connectivity index (χ3v) is 3.36. The molecule has 0 atom stereocenters. The summed E-state index contributed by atoms with van der Waals surface area (Å²) >= 11 is 5.98. The first-order valence-corrected chi connectivity index (χ1v) is 6.96. The molecule has 3 rings (SSSR count). The number of methoxy groups -OCH3 is 1. The lowest BCUT2D eigenvalue weighted by Crippen LogP contribution is -2.06. The molecule has 1 aromatic carbocycles. The lowest BCUT2D eigenvalue weighted by molar-refractivity contribution is 0.0594. The smallest absolute Gasteiger partial charge is 0.356 e. The normalized spacial score (nSPS) is 10.7. The average Bonchev–Trinajstić information content (AvgIpc) is 2.87. The third kappa shape index (κ3) is 2.76. The van der Waals surface area contributed by atoms with Crippen LogP contribution in [-0.4, -0.2) is 18.1 Å². The Hall–Kier alpha value is -2.53. The first kappa shape index (κ1) is 14.4. The van der Waals surface area contributed by atoms with Gasteiger partial charge in [-0.25, -0.2) is 9.78 Å². The number of carbonyl (C=O) groups is 1. The third-order valence-electron chi connectivity index (χ3n) is 3.12. The fourth-order valence-electron chi connectivity index (χ4n) is 2.17. The van der Waals surface area contributed by atoms with Crippen molar-refractivity contribution in [2.45, 2.75) is 6.92 Å². The second-order valence-corrected chi connectivity index (χ2v) is 5.19. The SMILES string of the molecule is COC(=O)c1cc2oc(C)cc2c(Nc2cccc(Cl)c2)n1. The molecule has 0 amide bonds. The van der Waals surface area contributed by atoms with Crippen molar-refractivity contribution >= 4 is 40.0 Å². The number of ether oxygens (including phenoxy) is 1. The minimum atomic E-state index is -0.523. The van der Waals surface area contributed by atoms with Crippen LogP contribution in [0, 0.1) is 6.92 Å². The summed E-state index contributed by atoms with van der Waals surface area (Å²) in [6.45, 7) is 1.83. The molecule has 1 N–H and O–H groups in total. The summed E-state index contributed by atoms with van der Waals surface area (Å²) in [5, 5.41) is 4.54. The van der Waals surface area contributed by atoms with E-state index in [1.165, 1.54) is 7.11 Å². The molecular weight excluding hydrogens is 304 g/mol. The standard InChI is InChI=1S/C16H13ClN2O3/c1-9-6-12-14(22-9)8-13(16(20)21-2)19-15(12)18-11-5-3-4-10(17)7-11/h3-8H,1-2H3,(H,18,19). The second-order valence-electron chi connectivity index (χ2n) is 4.75. The van der Waals surface area contributed by atoms with Gasteiger partial charge in [-0.2, -0.15) is 0 Å². The largest absolute Gasteiger partial charge is 0.464 e. The second kappa shape index (κ2) is 5.69. The van der Waals surface area contributed by atoms with Crippen LogP contribution in [0.3, 0.4) is 0 Å². The monoisotopic (exact) mass is 316 g/mol. The predicted octanol–water partition coefficient (Wildman–Crippen LogP) is 4.32. The Balaban J connectivity index is 2.11. The fourth-order valence-corrected chi connectivity index (χ4v) is 2.36. The summed E-state index contributed by atoms with van der Waals surface area (Å²) in [5.74, 6) is 0.718. The van der Waals surface area contributed by atoms with Gasteiger partial charge in [0.05, 0.1) is 12.5 Å². The number of benzene rings is 1. The molecule has 3 aromatic rings. The van der Waals surface area contributed by atoms with Crippen LogP contribution in [0.2, 0.25) is 5.02 Å². The summed E-state index contributed by atoms with van der Waals surface area (Å²) in [4.78, 5) is 16.1. The summed E-state index contributed by atoms with van der Waals surface area (Å²) < 4.78 is 10.3. The highest BCUT2D eigenvalue weighted by molar-refractivity contribution is 6.30.